The molecular formula is C18H27F2N3O4. The van der Waals surface area contributed by atoms with Gasteiger partial charge in [-0.25, -0.2) is 10.6 Å². The maximum Gasteiger partial charge on any atom is 0.380 e. The van der Waals surface area contributed by atoms with E-state index in [9.17, 15) is 18.7 Å². The lowest BCUT2D eigenvalue weighted by Crippen LogP contribution is -2.39. The Labute approximate surface area is 157 Å². The molecule has 0 saturated carbocycles. The number of hydrogen-bond acceptors (Lipinski definition) is 7. The van der Waals surface area contributed by atoms with Crippen LogP contribution in [0.25, 0.3) is 0 Å². The van der Waals surface area contributed by atoms with Crippen molar-refractivity contribution in [2.24, 2.45) is 11.6 Å². The Kier molecular flexibility index (Phi) is 8.61. The number of esters is 1. The van der Waals surface area contributed by atoms with Crippen LogP contribution >= 0.6 is 0 Å². The lowest BCUT2D eigenvalue weighted by molar-refractivity contribution is -0.195. The van der Waals surface area contributed by atoms with E-state index in [-0.39, 0.29) is 31.1 Å². The summed E-state index contributed by atoms with van der Waals surface area (Å²) in [4.78, 5) is 11.8. The number of halogens is 2. The molecule has 1 atom stereocenters. The number of aliphatic hydroxyl groups is 1. The van der Waals surface area contributed by atoms with E-state index in [1.54, 1.807) is 19.9 Å². The quantitative estimate of drug-likeness (QED) is 0.319. The van der Waals surface area contributed by atoms with E-state index in [1.165, 1.54) is 30.3 Å². The molecule has 1 aromatic carbocycles. The Bertz CT molecular complexity index is 668. The lowest BCUT2D eigenvalue weighted by Gasteiger charge is -2.26. The summed E-state index contributed by atoms with van der Waals surface area (Å²) >= 11 is 0. The Hall–Kier alpha value is -2.23. The third kappa shape index (κ3) is 6.16. The summed E-state index contributed by atoms with van der Waals surface area (Å²) in [5.41, 5.74) is 7.05. The van der Waals surface area contributed by atoms with Gasteiger partial charge < -0.3 is 25.3 Å². The molecule has 5 N–H and O–H groups in total. The van der Waals surface area contributed by atoms with E-state index in [2.05, 4.69) is 4.74 Å². The second-order valence-electron chi connectivity index (χ2n) is 5.91. The maximum atomic E-state index is 14.7. The van der Waals surface area contributed by atoms with Crippen LogP contribution in [0.3, 0.4) is 0 Å². The van der Waals surface area contributed by atoms with Gasteiger partial charge in [0.2, 0.25) is 0 Å². The van der Waals surface area contributed by atoms with Crippen molar-refractivity contribution in [2.75, 3.05) is 19.8 Å². The van der Waals surface area contributed by atoms with Gasteiger partial charge in [-0.05, 0) is 37.5 Å². The average Bonchev–Trinajstić information content (AvgIpc) is 2.62. The molecule has 0 aliphatic rings. The van der Waals surface area contributed by atoms with Crippen molar-refractivity contribution < 1.29 is 28.2 Å². The second-order valence-corrected chi connectivity index (χ2v) is 5.91. The number of carbonyl (C=O) groups excluding carboxylic acids is 1. The maximum absolute atomic E-state index is 14.7. The van der Waals surface area contributed by atoms with E-state index in [1.807, 2.05) is 0 Å². The van der Waals surface area contributed by atoms with Crippen molar-refractivity contribution >= 4 is 5.97 Å². The molecular weight excluding hydrogens is 360 g/mol. The number of nitrogens with zero attached hydrogens (tertiary/aromatic N) is 1. The van der Waals surface area contributed by atoms with E-state index in [4.69, 9.17) is 16.3 Å². The van der Waals surface area contributed by atoms with E-state index in [0.29, 0.717) is 12.1 Å². The topological polar surface area (TPSA) is 111 Å². The molecule has 1 aromatic rings. The summed E-state index contributed by atoms with van der Waals surface area (Å²) in [5.74, 6) is -0.0587. The molecule has 0 spiro atoms. The largest absolute Gasteiger partial charge is 0.461 e. The summed E-state index contributed by atoms with van der Waals surface area (Å²) in [5, 5.41) is 10.7. The highest BCUT2D eigenvalue weighted by molar-refractivity contribution is 5.78. The van der Waals surface area contributed by atoms with E-state index in [0.717, 1.165) is 5.56 Å². The molecule has 0 radical (unpaired) electrons. The fourth-order valence-electron chi connectivity index (χ4n) is 2.29. The van der Waals surface area contributed by atoms with Crippen LogP contribution in [0.15, 0.2) is 30.1 Å². The molecule has 0 aromatic heterocycles. The van der Waals surface area contributed by atoms with E-state index >= 15 is 0 Å². The van der Waals surface area contributed by atoms with Crippen LogP contribution in [0.4, 0.5) is 8.78 Å². The first kappa shape index (κ1) is 22.8. The van der Waals surface area contributed by atoms with Crippen molar-refractivity contribution in [1.82, 2.24) is 5.01 Å². The average molecular weight is 387 g/mol. The predicted octanol–water partition coefficient (Wildman–Crippen LogP) is 1.74. The lowest BCUT2D eigenvalue weighted by atomic mass is 9.98. The number of nitrogens with two attached hydrogens (primary N) is 2. The normalized spacial score (nSPS) is 13.4. The molecule has 9 heteroatoms. The zero-order chi connectivity index (χ0) is 20.6. The standard InChI is InChI=1S/C18H27F2N3O4/c1-4-23(22)9-15(21)11-27-16(18(19,20)17(25)26-5-2)13-7-6-12(3)14(8-13)10-24/h6-9,16,24H,4-5,10-11,21-22H2,1-3H3/b15-9-. The van der Waals surface area contributed by atoms with Crippen molar-refractivity contribution in [3.8, 4) is 0 Å². The van der Waals surface area contributed by atoms with Gasteiger partial charge in [0, 0.05) is 12.7 Å². The summed E-state index contributed by atoms with van der Waals surface area (Å²) in [6, 6.07) is 4.35. The van der Waals surface area contributed by atoms with Gasteiger partial charge in [0.05, 0.1) is 25.5 Å². The van der Waals surface area contributed by atoms with Gasteiger partial charge in [0.15, 0.2) is 6.10 Å². The van der Waals surface area contributed by atoms with Gasteiger partial charge in [0.25, 0.3) is 0 Å². The smallest absolute Gasteiger partial charge is 0.380 e. The highest BCUT2D eigenvalue weighted by Crippen LogP contribution is 2.37. The van der Waals surface area contributed by atoms with Crippen molar-refractivity contribution in [3.05, 3.63) is 46.8 Å². The summed E-state index contributed by atoms with van der Waals surface area (Å²) in [6.07, 6.45) is -0.587. The fraction of sp³-hybridized carbons (Fsp3) is 0.500. The second kappa shape index (κ2) is 10.2. The summed E-state index contributed by atoms with van der Waals surface area (Å²) in [7, 11) is 0. The number of benzene rings is 1. The Balaban J connectivity index is 3.20. The molecule has 7 nitrogen and oxygen atoms in total. The van der Waals surface area contributed by atoms with Crippen molar-refractivity contribution in [3.63, 3.8) is 0 Å². The van der Waals surface area contributed by atoms with Crippen molar-refractivity contribution in [2.45, 2.75) is 39.4 Å². The minimum atomic E-state index is -3.95. The predicted molar refractivity (Wildman–Crippen MR) is 96.2 cm³/mol. The van der Waals surface area contributed by atoms with Crippen LogP contribution in [-0.4, -0.2) is 41.8 Å². The van der Waals surface area contributed by atoms with Gasteiger partial charge in [-0.15, -0.1) is 0 Å². The summed E-state index contributed by atoms with van der Waals surface area (Å²) < 4.78 is 39.2. The first-order chi connectivity index (χ1) is 12.7. The van der Waals surface area contributed by atoms with Crippen LogP contribution in [-0.2, 0) is 20.9 Å². The molecule has 0 aliphatic heterocycles. The van der Waals surface area contributed by atoms with Crippen LogP contribution in [0, 0.1) is 6.92 Å². The number of alkyl halides is 2. The molecule has 27 heavy (non-hydrogen) atoms. The van der Waals surface area contributed by atoms with Gasteiger partial charge in [-0.3, -0.25) is 0 Å². The summed E-state index contributed by atoms with van der Waals surface area (Å²) in [6.45, 7) is 4.49. The number of aliphatic hydroxyl groups excluding tert-OH is 1. The fourth-order valence-corrected chi connectivity index (χ4v) is 2.29. The monoisotopic (exact) mass is 387 g/mol. The van der Waals surface area contributed by atoms with Gasteiger partial charge in [-0.1, -0.05) is 18.2 Å². The van der Waals surface area contributed by atoms with Crippen LogP contribution < -0.4 is 11.6 Å². The van der Waals surface area contributed by atoms with E-state index < -0.39 is 18.0 Å². The molecule has 0 bridgehead atoms. The highest BCUT2D eigenvalue weighted by atomic mass is 19.3. The number of rotatable bonds is 10. The molecule has 0 aliphatic carbocycles. The third-order valence-corrected chi connectivity index (χ3v) is 3.84. The number of aryl methyl sites for hydroxylation is 1. The number of hydrazine groups is 1. The number of ether oxygens (including phenoxy) is 2. The zero-order valence-corrected chi connectivity index (χ0v) is 15.7. The molecule has 0 fully saturated rings. The number of carbonyl (C=O) groups is 1. The minimum Gasteiger partial charge on any atom is -0.461 e. The van der Waals surface area contributed by atoms with Gasteiger partial charge in [0.1, 0.15) is 0 Å². The Morgan fingerprint density at radius 2 is 2.07 bits per heavy atom. The van der Waals surface area contributed by atoms with Crippen LogP contribution in [0.5, 0.6) is 0 Å². The van der Waals surface area contributed by atoms with Crippen LogP contribution in [0.2, 0.25) is 0 Å². The zero-order valence-electron chi connectivity index (χ0n) is 15.7. The third-order valence-electron chi connectivity index (χ3n) is 3.84. The van der Waals surface area contributed by atoms with Crippen LogP contribution in [0.1, 0.15) is 36.6 Å². The minimum absolute atomic E-state index is 0.0237. The molecule has 0 heterocycles. The van der Waals surface area contributed by atoms with Gasteiger partial charge >= 0.3 is 11.9 Å². The molecule has 1 unspecified atom stereocenters. The van der Waals surface area contributed by atoms with Gasteiger partial charge in [-0.2, -0.15) is 8.78 Å². The SMILES string of the molecule is CCOC(=O)C(F)(F)C(OC/C(N)=C/N(N)CC)c1ccc(C)c(CO)c1. The number of hydrogen-bond donors (Lipinski definition) is 3. The Morgan fingerprint density at radius 3 is 2.63 bits per heavy atom. The molecule has 1 rings (SSSR count). The molecule has 0 saturated heterocycles. The molecule has 152 valence electrons. The highest BCUT2D eigenvalue weighted by Gasteiger charge is 2.50. The van der Waals surface area contributed by atoms with Crippen molar-refractivity contribution in [1.29, 1.82) is 0 Å². The first-order valence-corrected chi connectivity index (χ1v) is 8.51. The Morgan fingerprint density at radius 1 is 1.41 bits per heavy atom. The first-order valence-electron chi connectivity index (χ1n) is 8.51. The molecule has 0 amide bonds.